The molecule has 7 nitrogen and oxygen atoms in total. The molecular formula is C16H14FN5O2. The molecule has 2 aromatic heterocycles. The van der Waals surface area contributed by atoms with Crippen molar-refractivity contribution in [3.05, 3.63) is 65.0 Å². The van der Waals surface area contributed by atoms with Gasteiger partial charge in [0.05, 0.1) is 0 Å². The van der Waals surface area contributed by atoms with E-state index in [1.165, 1.54) is 28.8 Å². The summed E-state index contributed by atoms with van der Waals surface area (Å²) in [5.74, 6) is -0.460. The molecule has 0 unspecified atom stereocenters. The van der Waals surface area contributed by atoms with E-state index in [9.17, 15) is 14.0 Å². The minimum Gasteiger partial charge on any atom is -0.324 e. The number of hydrogen-bond donors (Lipinski definition) is 1. The van der Waals surface area contributed by atoms with Gasteiger partial charge in [-0.3, -0.25) is 14.3 Å². The molecule has 1 amide bonds. The fraction of sp³-hybridized carbons (Fsp3) is 0.125. The summed E-state index contributed by atoms with van der Waals surface area (Å²) in [7, 11) is 1.56. The van der Waals surface area contributed by atoms with Crippen molar-refractivity contribution in [2.45, 2.75) is 6.54 Å². The molecule has 24 heavy (non-hydrogen) atoms. The quantitative estimate of drug-likeness (QED) is 0.786. The van der Waals surface area contributed by atoms with Crippen LogP contribution < -0.4 is 11.0 Å². The van der Waals surface area contributed by atoms with Gasteiger partial charge >= 0.3 is 5.69 Å². The van der Waals surface area contributed by atoms with Crippen LogP contribution in [0.3, 0.4) is 0 Å². The van der Waals surface area contributed by atoms with Gasteiger partial charge in [-0.05, 0) is 36.4 Å². The molecule has 3 aromatic rings. The molecule has 0 radical (unpaired) electrons. The summed E-state index contributed by atoms with van der Waals surface area (Å²) in [6.45, 7) is -0.253. The third-order valence-electron chi connectivity index (χ3n) is 3.36. The van der Waals surface area contributed by atoms with Gasteiger partial charge in [-0.25, -0.2) is 13.9 Å². The maximum Gasteiger partial charge on any atom is 0.346 e. The summed E-state index contributed by atoms with van der Waals surface area (Å²) in [5.41, 5.74) is 0.551. The number of nitrogens with one attached hydrogen (secondary N) is 1. The number of pyridine rings is 1. The fourth-order valence-corrected chi connectivity index (χ4v) is 2.18. The monoisotopic (exact) mass is 327 g/mol. The highest BCUT2D eigenvalue weighted by Crippen LogP contribution is 2.11. The van der Waals surface area contributed by atoms with Gasteiger partial charge in [0.1, 0.15) is 18.1 Å². The predicted octanol–water partition coefficient (Wildman–Crippen LogP) is 1.42. The van der Waals surface area contributed by atoms with E-state index in [2.05, 4.69) is 15.4 Å². The summed E-state index contributed by atoms with van der Waals surface area (Å²) in [5, 5.41) is 6.74. The molecule has 122 valence electrons. The number of carbonyl (C=O) groups is 1. The van der Waals surface area contributed by atoms with E-state index in [1.54, 1.807) is 31.4 Å². The highest BCUT2D eigenvalue weighted by molar-refractivity contribution is 5.90. The third kappa shape index (κ3) is 3.22. The lowest BCUT2D eigenvalue weighted by Crippen LogP contribution is -2.29. The van der Waals surface area contributed by atoms with Gasteiger partial charge in [0, 0.05) is 18.9 Å². The van der Waals surface area contributed by atoms with Crippen LogP contribution >= 0.6 is 0 Å². The predicted molar refractivity (Wildman–Crippen MR) is 85.7 cm³/mol. The van der Waals surface area contributed by atoms with E-state index >= 15 is 0 Å². The Labute approximate surface area is 136 Å². The second-order valence-corrected chi connectivity index (χ2v) is 5.09. The van der Waals surface area contributed by atoms with Crippen LogP contribution in [0.2, 0.25) is 0 Å². The molecule has 0 spiro atoms. The zero-order valence-electron chi connectivity index (χ0n) is 12.8. The maximum absolute atomic E-state index is 12.9. The fourth-order valence-electron chi connectivity index (χ4n) is 2.18. The van der Waals surface area contributed by atoms with E-state index < -0.39 is 17.4 Å². The molecule has 0 aliphatic rings. The second kappa shape index (κ2) is 6.45. The average molecular weight is 327 g/mol. The highest BCUT2D eigenvalue weighted by atomic mass is 19.1. The molecule has 0 saturated heterocycles. The number of hydrogen-bond acceptors (Lipinski definition) is 4. The lowest BCUT2D eigenvalue weighted by Gasteiger charge is -2.04. The topological polar surface area (TPSA) is 81.8 Å². The first-order valence-corrected chi connectivity index (χ1v) is 7.15. The molecule has 0 bridgehead atoms. The minimum absolute atomic E-state index is 0.253. The summed E-state index contributed by atoms with van der Waals surface area (Å²) >= 11 is 0. The molecule has 0 aliphatic carbocycles. The number of nitrogens with zero attached hydrogens (tertiary/aromatic N) is 4. The Morgan fingerprint density at radius 1 is 1.21 bits per heavy atom. The maximum atomic E-state index is 12.9. The largest absolute Gasteiger partial charge is 0.346 e. The third-order valence-corrected chi connectivity index (χ3v) is 3.36. The first-order valence-electron chi connectivity index (χ1n) is 7.15. The molecule has 2 heterocycles. The first kappa shape index (κ1) is 15.6. The summed E-state index contributed by atoms with van der Waals surface area (Å²) < 4.78 is 15.2. The van der Waals surface area contributed by atoms with Crippen molar-refractivity contribution in [2.75, 3.05) is 5.32 Å². The highest BCUT2D eigenvalue weighted by Gasteiger charge is 2.15. The van der Waals surface area contributed by atoms with E-state index in [1.807, 2.05) is 0 Å². The van der Waals surface area contributed by atoms with Gasteiger partial charge in [0.25, 0.3) is 0 Å². The Hall–Kier alpha value is -3.29. The van der Waals surface area contributed by atoms with Crippen molar-refractivity contribution in [3.8, 4) is 11.5 Å². The lowest BCUT2D eigenvalue weighted by atomic mass is 10.3. The number of anilines is 1. The van der Waals surface area contributed by atoms with Gasteiger partial charge in [-0.2, -0.15) is 0 Å². The van der Waals surface area contributed by atoms with Crippen LogP contribution in [0.4, 0.5) is 10.1 Å². The minimum atomic E-state index is -0.436. The number of aromatic nitrogens is 4. The van der Waals surface area contributed by atoms with Crippen molar-refractivity contribution in [3.63, 3.8) is 0 Å². The summed E-state index contributed by atoms with van der Waals surface area (Å²) in [6.07, 6.45) is 1.60. The van der Waals surface area contributed by atoms with Crippen LogP contribution in [-0.4, -0.2) is 25.2 Å². The Balaban J connectivity index is 1.79. The van der Waals surface area contributed by atoms with Crippen molar-refractivity contribution >= 4 is 11.6 Å². The number of amides is 1. The van der Waals surface area contributed by atoms with Crippen LogP contribution in [0.1, 0.15) is 0 Å². The SMILES string of the molecule is Cn1c(-c2ccccn2)nn(CC(=O)Nc2ccc(F)cc2)c1=O. The summed E-state index contributed by atoms with van der Waals surface area (Å²) in [6, 6.07) is 10.6. The van der Waals surface area contributed by atoms with Gasteiger partial charge in [-0.1, -0.05) is 6.07 Å². The van der Waals surface area contributed by atoms with Crippen LogP contribution in [0.15, 0.2) is 53.5 Å². The molecular weight excluding hydrogens is 313 g/mol. The molecule has 3 rings (SSSR count). The van der Waals surface area contributed by atoms with E-state index in [4.69, 9.17) is 0 Å². The van der Waals surface area contributed by atoms with Gasteiger partial charge < -0.3 is 5.32 Å². The van der Waals surface area contributed by atoms with Crippen LogP contribution in [-0.2, 0) is 18.4 Å². The molecule has 8 heteroatoms. The van der Waals surface area contributed by atoms with E-state index in [0.717, 1.165) is 4.68 Å². The smallest absolute Gasteiger partial charge is 0.324 e. The molecule has 0 saturated carbocycles. The molecule has 0 aliphatic heterocycles. The summed E-state index contributed by atoms with van der Waals surface area (Å²) in [4.78, 5) is 28.4. The second-order valence-electron chi connectivity index (χ2n) is 5.09. The Morgan fingerprint density at radius 2 is 1.96 bits per heavy atom. The van der Waals surface area contributed by atoms with Gasteiger partial charge in [0.2, 0.25) is 5.91 Å². The molecule has 1 aromatic carbocycles. The normalized spacial score (nSPS) is 10.6. The molecule has 1 N–H and O–H groups in total. The number of carbonyl (C=O) groups excluding carboxylic acids is 1. The van der Waals surface area contributed by atoms with Crippen molar-refractivity contribution < 1.29 is 9.18 Å². The Morgan fingerprint density at radius 3 is 2.62 bits per heavy atom. The van der Waals surface area contributed by atoms with Gasteiger partial charge in [0.15, 0.2) is 5.82 Å². The van der Waals surface area contributed by atoms with Crippen molar-refractivity contribution in [1.82, 2.24) is 19.3 Å². The first-order chi connectivity index (χ1) is 11.5. The number of halogens is 1. The Bertz CT molecular complexity index is 916. The Kier molecular flexibility index (Phi) is 4.19. The molecule has 0 atom stereocenters. The van der Waals surface area contributed by atoms with E-state index in [0.29, 0.717) is 17.2 Å². The standard InChI is InChI=1S/C16H14FN5O2/c1-21-15(13-4-2-3-9-18-13)20-22(16(21)24)10-14(23)19-12-7-5-11(17)6-8-12/h2-9H,10H2,1H3,(H,19,23). The van der Waals surface area contributed by atoms with Crippen molar-refractivity contribution in [1.29, 1.82) is 0 Å². The lowest BCUT2D eigenvalue weighted by molar-refractivity contribution is -0.117. The zero-order valence-corrected chi connectivity index (χ0v) is 12.8. The number of benzene rings is 1. The van der Waals surface area contributed by atoms with Crippen LogP contribution in [0, 0.1) is 5.82 Å². The molecule has 0 fully saturated rings. The zero-order chi connectivity index (χ0) is 17.1. The number of rotatable bonds is 4. The van der Waals surface area contributed by atoms with Gasteiger partial charge in [-0.15, -0.1) is 5.10 Å². The van der Waals surface area contributed by atoms with Crippen LogP contribution in [0.5, 0.6) is 0 Å². The van der Waals surface area contributed by atoms with Crippen molar-refractivity contribution in [2.24, 2.45) is 7.05 Å². The van der Waals surface area contributed by atoms with Crippen LogP contribution in [0.25, 0.3) is 11.5 Å². The van der Waals surface area contributed by atoms with E-state index in [-0.39, 0.29) is 6.54 Å². The average Bonchev–Trinajstić information content (AvgIpc) is 2.86.